The zero-order valence-corrected chi connectivity index (χ0v) is 72.3. The summed E-state index contributed by atoms with van der Waals surface area (Å²) in [6, 6.07) is 86.3. The molecule has 13 heteroatoms. The number of amides is 1. The van der Waals surface area contributed by atoms with Gasteiger partial charge in [-0.05, 0) is 304 Å². The molecule has 5 aliphatic carbocycles. The Labute approximate surface area is 719 Å². The maximum Gasteiger partial charge on any atom is 0.246 e. The zero-order chi connectivity index (χ0) is 81.6. The minimum absolute atomic E-state index is 0.169. The highest BCUT2D eigenvalue weighted by Crippen LogP contribution is 2.62. The van der Waals surface area contributed by atoms with Crippen LogP contribution in [0.2, 0.25) is 0 Å². The van der Waals surface area contributed by atoms with E-state index in [1.54, 1.807) is 18.2 Å². The molecule has 10 heterocycles. The Kier molecular flexibility index (Phi) is 20.9. The molecular weight excluding hydrogens is 1480 g/mol. The van der Waals surface area contributed by atoms with E-state index in [0.717, 1.165) is 125 Å². The van der Waals surface area contributed by atoms with Gasteiger partial charge in [0.1, 0.15) is 5.75 Å². The lowest BCUT2D eigenvalue weighted by molar-refractivity contribution is -0.117. The van der Waals surface area contributed by atoms with Gasteiger partial charge in [0, 0.05) is 171 Å². The van der Waals surface area contributed by atoms with E-state index in [4.69, 9.17) is 4.74 Å². The first-order chi connectivity index (χ1) is 59.3. The van der Waals surface area contributed by atoms with Crippen molar-refractivity contribution in [2.24, 2.45) is 29.6 Å². The molecule has 5 saturated heterocycles. The first-order valence-electron chi connectivity index (χ1n) is 46.5. The molecule has 10 atom stereocenters. The number of nitrogens with zero attached hydrogens (tertiary/aromatic N) is 8. The summed E-state index contributed by atoms with van der Waals surface area (Å²) in [6.07, 6.45) is 14.0. The number of para-hydroxylation sites is 3. The van der Waals surface area contributed by atoms with Crippen LogP contribution in [0.4, 0.5) is 45.5 Å². The summed E-state index contributed by atoms with van der Waals surface area (Å²) in [5.41, 5.74) is 31.7. The largest absolute Gasteiger partial charge is 0.496 e. The molecule has 0 spiro atoms. The maximum absolute atomic E-state index is 12.8. The van der Waals surface area contributed by atoms with Crippen LogP contribution < -0.4 is 50.1 Å². The highest BCUT2D eigenvalue weighted by Gasteiger charge is 2.63. The predicted molar refractivity (Wildman–Crippen MR) is 497 cm³/mol. The minimum atomic E-state index is 0.169. The Hall–Kier alpha value is -9.73. The molecule has 0 bridgehead atoms. The Morgan fingerprint density at radius 2 is 0.736 bits per heavy atom. The van der Waals surface area contributed by atoms with Gasteiger partial charge < -0.3 is 59.9 Å². The van der Waals surface area contributed by atoms with E-state index < -0.39 is 0 Å². The predicted octanol–water partition coefficient (Wildman–Crippen LogP) is 18.2. The molecule has 1 amide bonds. The average Bonchev–Trinajstić information content (AvgIpc) is 1.57. The number of ether oxygens (including phenoxy) is 1. The van der Waals surface area contributed by atoms with Crippen LogP contribution in [-0.4, -0.2) is 141 Å². The molecule has 10 unspecified atom stereocenters. The lowest BCUT2D eigenvalue weighted by Crippen LogP contribution is -2.37. The van der Waals surface area contributed by atoms with Crippen molar-refractivity contribution in [1.29, 1.82) is 0 Å². The van der Waals surface area contributed by atoms with E-state index >= 15 is 0 Å². The van der Waals surface area contributed by atoms with Gasteiger partial charge in [0.25, 0.3) is 0 Å². The van der Waals surface area contributed by atoms with Crippen LogP contribution in [0.15, 0.2) is 231 Å². The second-order valence-corrected chi connectivity index (χ2v) is 38.7. The quantitative estimate of drug-likeness (QED) is 0.0969. The second kappa shape index (κ2) is 32.2. The smallest absolute Gasteiger partial charge is 0.246 e. The molecule has 5 saturated carbocycles. The van der Waals surface area contributed by atoms with Gasteiger partial charge in [-0.25, -0.2) is 0 Å². The molecule has 25 rings (SSSR count). The van der Waals surface area contributed by atoms with Crippen molar-refractivity contribution >= 4 is 51.4 Å². The molecule has 624 valence electrons. The van der Waals surface area contributed by atoms with E-state index in [-0.39, 0.29) is 5.91 Å². The van der Waals surface area contributed by atoms with E-state index in [1.165, 1.54) is 212 Å². The van der Waals surface area contributed by atoms with Crippen LogP contribution in [-0.2, 0) is 77.2 Å². The van der Waals surface area contributed by atoms with Gasteiger partial charge in [0.15, 0.2) is 0 Å². The summed E-state index contributed by atoms with van der Waals surface area (Å²) >= 11 is 0. The van der Waals surface area contributed by atoms with Crippen molar-refractivity contribution in [3.05, 3.63) is 303 Å². The van der Waals surface area contributed by atoms with Gasteiger partial charge in [-0.1, -0.05) is 159 Å². The van der Waals surface area contributed by atoms with Crippen molar-refractivity contribution in [2.75, 3.05) is 154 Å². The number of nitrogens with one attached hydrogen (secondary N) is 3. The van der Waals surface area contributed by atoms with E-state index in [9.17, 15) is 4.79 Å². The van der Waals surface area contributed by atoms with Crippen molar-refractivity contribution in [1.82, 2.24) is 25.8 Å². The number of anilines is 8. The molecule has 10 aliphatic heterocycles. The van der Waals surface area contributed by atoms with Gasteiger partial charge in [0.05, 0.1) is 13.7 Å². The number of piperidine rings is 5. The summed E-state index contributed by atoms with van der Waals surface area (Å²) in [5, 5.41) is 10.6. The number of hydrogen-bond acceptors (Lipinski definition) is 12. The minimum Gasteiger partial charge on any atom is -0.496 e. The summed E-state index contributed by atoms with van der Waals surface area (Å²) in [7, 11) is 1.76. The van der Waals surface area contributed by atoms with Gasteiger partial charge in [-0.3, -0.25) is 4.79 Å². The van der Waals surface area contributed by atoms with Crippen LogP contribution in [0.1, 0.15) is 138 Å². The standard InChI is InChI=1S/C22H25N3O.C22H26N2O.2C22H26N2.C20H22N2/c1-2-25-20-6-4-3-5-16(20)13-24(14-21(25)26)19-9-7-17(8-10-19)22-11-18(22)12-23-15-22;1-15-9-17-13-24(8-7-16(17)10-21(15)25-2)20-5-3-18(4-6-20)22-11-19(22)12-23-14-22;1-2-23-15-19-14-22(19,16-23)18-9-11-20(12-10-18)24-13-5-7-17-6-3-4-8-21(17)24;1-2-23-15-20-13-22(20,16-23)19-7-9-21(10-8-19)24-12-11-17-5-3-4-6-18(17)14-24;1-2-6-19-15(4-1)5-3-11-22(19)18-9-7-16(8-10-18)20-12-17(20)13-21-14-20/h3-10,18,23H,2,11-15H2,1H3;3-6,9-10,19,23H,7-8,11-14H2,1-2H3;3-4,6,8-12,19H,2,5,7,13-16H2,1H3;3-10,20H,2,11-16H2,1H3;1-2,4,6-10,17,21H,3,5,11-14H2. The fraction of sp³-hybridized carbons (Fsp3) is 0.435. The normalized spacial score (nSPS) is 28.0. The maximum atomic E-state index is 12.8. The lowest BCUT2D eigenvalue weighted by atomic mass is 9.94. The first-order valence-corrected chi connectivity index (χ1v) is 46.5. The second-order valence-electron chi connectivity index (χ2n) is 38.7. The van der Waals surface area contributed by atoms with Crippen molar-refractivity contribution in [3.63, 3.8) is 0 Å². The SMILES string of the molecule is CCN1C(=O)CN(c2ccc(C34CNCC3C4)cc2)Cc2ccccc21.CCN1CC2CC2(c2ccc(N3CCCc4ccccc43)cc2)C1.CCN1CC2CC2(c2ccc(N3CCc4ccccc4C3)cc2)C1.COc1cc2c(cc1C)CN(c1ccc(C34CNCC3C4)cc1)CC2.c1ccc2c(c1)CCCN2c1ccc(C23CNCC2C3)cc1. The fourth-order valence-electron chi connectivity index (χ4n) is 24.4. The third-order valence-corrected chi connectivity index (χ3v) is 32.1. The van der Waals surface area contributed by atoms with E-state index in [1.807, 2.05) is 17.9 Å². The van der Waals surface area contributed by atoms with Crippen molar-refractivity contribution < 1.29 is 9.53 Å². The first kappa shape index (κ1) is 78.5. The van der Waals surface area contributed by atoms with Crippen LogP contribution in [0.25, 0.3) is 0 Å². The number of aryl methyl sites for hydroxylation is 3. The van der Waals surface area contributed by atoms with Gasteiger partial charge >= 0.3 is 0 Å². The molecule has 10 fully saturated rings. The van der Waals surface area contributed by atoms with Gasteiger partial charge in [-0.2, -0.15) is 0 Å². The molecule has 15 aliphatic rings. The third-order valence-electron chi connectivity index (χ3n) is 32.1. The zero-order valence-electron chi connectivity index (χ0n) is 72.3. The number of carbonyl (C=O) groups excluding carboxylic acids is 1. The Morgan fingerprint density at radius 1 is 0.355 bits per heavy atom. The molecule has 0 radical (unpaired) electrons. The summed E-state index contributed by atoms with van der Waals surface area (Å²) in [5.74, 6) is 5.57. The van der Waals surface area contributed by atoms with Crippen LogP contribution in [0.5, 0.6) is 5.75 Å². The number of likely N-dealkylation sites (N-methyl/N-ethyl adjacent to an activating group) is 3. The number of rotatable bonds is 14. The van der Waals surface area contributed by atoms with E-state index in [0.29, 0.717) is 40.2 Å². The van der Waals surface area contributed by atoms with Crippen molar-refractivity contribution in [3.8, 4) is 5.75 Å². The number of methoxy groups -OCH3 is 1. The van der Waals surface area contributed by atoms with Crippen LogP contribution >= 0.6 is 0 Å². The lowest BCUT2D eigenvalue weighted by Gasteiger charge is -2.31. The topological polar surface area (TPSA) is 88.3 Å². The Balaban J connectivity index is 0.0000000934. The molecule has 13 nitrogen and oxygen atoms in total. The number of carbonyl (C=O) groups is 1. The van der Waals surface area contributed by atoms with Crippen LogP contribution in [0, 0.1) is 36.5 Å². The molecule has 10 aromatic rings. The molecular formula is C108H125N11O2. The van der Waals surface area contributed by atoms with Crippen molar-refractivity contribution in [2.45, 2.75) is 145 Å². The van der Waals surface area contributed by atoms with Gasteiger partial charge in [0.2, 0.25) is 5.91 Å². The summed E-state index contributed by atoms with van der Waals surface area (Å²) in [6.45, 7) is 31.7. The number of benzene rings is 10. The van der Waals surface area contributed by atoms with E-state index in [2.05, 4.69) is 295 Å². The average molecular weight is 1610 g/mol. The third kappa shape index (κ3) is 14.7. The molecule has 3 N–H and O–H groups in total. The molecule has 121 heavy (non-hydrogen) atoms. The summed E-state index contributed by atoms with van der Waals surface area (Å²) in [4.78, 5) is 32.2. The molecule has 10 aromatic carbocycles. The highest BCUT2D eigenvalue weighted by atomic mass is 16.5. The fourth-order valence-corrected chi connectivity index (χ4v) is 24.4. The number of hydrogen-bond donors (Lipinski definition) is 3. The number of likely N-dealkylation sites (tertiary alicyclic amines) is 2. The van der Waals surface area contributed by atoms with Crippen LogP contribution in [0.3, 0.4) is 0 Å². The molecule has 0 aromatic heterocycles. The highest BCUT2D eigenvalue weighted by molar-refractivity contribution is 5.98. The monoisotopic (exact) mass is 1610 g/mol. The summed E-state index contributed by atoms with van der Waals surface area (Å²) < 4.78 is 5.48. The Morgan fingerprint density at radius 3 is 1.16 bits per heavy atom. The van der Waals surface area contributed by atoms with Gasteiger partial charge in [-0.15, -0.1) is 0 Å². The number of fused-ring (bicyclic) bond motifs is 10. The Bertz CT molecular complexity index is 5420.